The van der Waals surface area contributed by atoms with Crippen molar-refractivity contribution in [2.45, 2.75) is 13.1 Å². The standard InChI is InChI=1S/C13H12FN3S/c14-12-4-2-1-3-10(12)7-15-8-11-9-17-5-6-18-13(17)16-11/h1-6,9,15H,7-8H2. The summed E-state index contributed by atoms with van der Waals surface area (Å²) in [6.07, 6.45) is 3.97. The van der Waals surface area contributed by atoms with Crippen LogP contribution in [0.1, 0.15) is 11.3 Å². The van der Waals surface area contributed by atoms with Gasteiger partial charge in [0.05, 0.1) is 5.69 Å². The van der Waals surface area contributed by atoms with Gasteiger partial charge in [0.1, 0.15) is 5.82 Å². The molecule has 0 saturated carbocycles. The van der Waals surface area contributed by atoms with Gasteiger partial charge in [-0.1, -0.05) is 18.2 Å². The van der Waals surface area contributed by atoms with Gasteiger partial charge in [-0.2, -0.15) is 0 Å². The number of hydrogen-bond acceptors (Lipinski definition) is 3. The number of halogens is 1. The van der Waals surface area contributed by atoms with Crippen LogP contribution in [0.25, 0.3) is 4.96 Å². The molecule has 0 fully saturated rings. The monoisotopic (exact) mass is 261 g/mol. The molecule has 0 atom stereocenters. The lowest BCUT2D eigenvalue weighted by atomic mass is 10.2. The number of fused-ring (bicyclic) bond motifs is 1. The van der Waals surface area contributed by atoms with E-state index in [2.05, 4.69) is 10.3 Å². The topological polar surface area (TPSA) is 29.3 Å². The minimum absolute atomic E-state index is 0.171. The van der Waals surface area contributed by atoms with Crippen molar-refractivity contribution in [1.82, 2.24) is 14.7 Å². The Kier molecular flexibility index (Phi) is 3.08. The number of benzene rings is 1. The van der Waals surface area contributed by atoms with Crippen LogP contribution in [0, 0.1) is 5.82 Å². The fourth-order valence-electron chi connectivity index (χ4n) is 1.83. The highest BCUT2D eigenvalue weighted by molar-refractivity contribution is 7.15. The number of hydrogen-bond donors (Lipinski definition) is 1. The summed E-state index contributed by atoms with van der Waals surface area (Å²) < 4.78 is 15.4. The lowest BCUT2D eigenvalue weighted by Gasteiger charge is -2.03. The van der Waals surface area contributed by atoms with Crippen LogP contribution in [0.5, 0.6) is 0 Å². The Bertz CT molecular complexity index is 630. The molecule has 0 radical (unpaired) electrons. The van der Waals surface area contributed by atoms with E-state index in [9.17, 15) is 4.39 Å². The van der Waals surface area contributed by atoms with Crippen molar-refractivity contribution < 1.29 is 4.39 Å². The lowest BCUT2D eigenvalue weighted by molar-refractivity contribution is 0.586. The Hall–Kier alpha value is -1.72. The molecule has 0 aliphatic rings. The number of imidazole rings is 1. The summed E-state index contributed by atoms with van der Waals surface area (Å²) in [6.45, 7) is 1.15. The van der Waals surface area contributed by atoms with Crippen LogP contribution in [0.4, 0.5) is 4.39 Å². The molecular weight excluding hydrogens is 249 g/mol. The van der Waals surface area contributed by atoms with Gasteiger partial charge in [-0.15, -0.1) is 11.3 Å². The largest absolute Gasteiger partial charge is 0.307 e. The molecule has 0 amide bonds. The molecule has 1 N–H and O–H groups in total. The Labute approximate surface area is 108 Å². The summed E-state index contributed by atoms with van der Waals surface area (Å²) in [7, 11) is 0. The highest BCUT2D eigenvalue weighted by Crippen LogP contribution is 2.11. The number of nitrogens with one attached hydrogen (secondary N) is 1. The summed E-state index contributed by atoms with van der Waals surface area (Å²) in [5.41, 5.74) is 1.65. The Morgan fingerprint density at radius 3 is 3.00 bits per heavy atom. The van der Waals surface area contributed by atoms with E-state index in [1.807, 2.05) is 28.2 Å². The van der Waals surface area contributed by atoms with Gasteiger partial charge in [0.25, 0.3) is 0 Å². The van der Waals surface area contributed by atoms with Crippen LogP contribution in [0.3, 0.4) is 0 Å². The molecule has 0 saturated heterocycles. The van der Waals surface area contributed by atoms with Crippen LogP contribution in [0.2, 0.25) is 0 Å². The maximum atomic E-state index is 13.4. The molecule has 0 unspecified atom stereocenters. The van der Waals surface area contributed by atoms with Gasteiger partial charge >= 0.3 is 0 Å². The third-order valence-electron chi connectivity index (χ3n) is 2.72. The van der Waals surface area contributed by atoms with Crippen LogP contribution in [-0.4, -0.2) is 9.38 Å². The molecule has 0 bridgehead atoms. The summed E-state index contributed by atoms with van der Waals surface area (Å²) >= 11 is 1.60. The van der Waals surface area contributed by atoms with Crippen molar-refractivity contribution >= 4 is 16.3 Å². The Balaban J connectivity index is 1.62. The predicted molar refractivity (Wildman–Crippen MR) is 70.0 cm³/mol. The average molecular weight is 261 g/mol. The van der Waals surface area contributed by atoms with Gasteiger partial charge in [0, 0.05) is 36.4 Å². The zero-order valence-electron chi connectivity index (χ0n) is 9.64. The number of nitrogens with zero attached hydrogens (tertiary/aromatic N) is 2. The Morgan fingerprint density at radius 1 is 1.28 bits per heavy atom. The first-order valence-corrected chi connectivity index (χ1v) is 6.56. The third kappa shape index (κ3) is 2.27. The normalized spacial score (nSPS) is 11.2. The van der Waals surface area contributed by atoms with Crippen LogP contribution in [0.15, 0.2) is 42.0 Å². The molecule has 1 aromatic carbocycles. The molecule has 5 heteroatoms. The first-order chi connectivity index (χ1) is 8.83. The molecule has 92 valence electrons. The molecule has 3 nitrogen and oxygen atoms in total. The van der Waals surface area contributed by atoms with Crippen molar-refractivity contribution in [3.05, 3.63) is 59.1 Å². The number of aromatic nitrogens is 2. The van der Waals surface area contributed by atoms with E-state index >= 15 is 0 Å². The second-order valence-electron chi connectivity index (χ2n) is 4.02. The molecule has 0 aliphatic carbocycles. The van der Waals surface area contributed by atoms with Gasteiger partial charge in [-0.3, -0.25) is 4.40 Å². The van der Waals surface area contributed by atoms with Gasteiger partial charge in [0.2, 0.25) is 0 Å². The summed E-state index contributed by atoms with van der Waals surface area (Å²) in [5, 5.41) is 5.20. The second kappa shape index (κ2) is 4.88. The second-order valence-corrected chi connectivity index (χ2v) is 4.89. The van der Waals surface area contributed by atoms with Gasteiger partial charge in [-0.25, -0.2) is 9.37 Å². The molecule has 3 rings (SSSR count). The summed E-state index contributed by atoms with van der Waals surface area (Å²) in [6, 6.07) is 6.80. The highest BCUT2D eigenvalue weighted by atomic mass is 32.1. The van der Waals surface area contributed by atoms with Crippen molar-refractivity contribution in [1.29, 1.82) is 0 Å². The van der Waals surface area contributed by atoms with Crippen molar-refractivity contribution in [2.24, 2.45) is 0 Å². The predicted octanol–water partition coefficient (Wildman–Crippen LogP) is 2.82. The number of thiazole rings is 1. The quantitative estimate of drug-likeness (QED) is 0.782. The SMILES string of the molecule is Fc1ccccc1CNCc1cn2ccsc2n1. The summed E-state index contributed by atoms with van der Waals surface area (Å²) in [5.74, 6) is -0.171. The molecule has 2 heterocycles. The third-order valence-corrected chi connectivity index (χ3v) is 3.49. The van der Waals surface area contributed by atoms with Crippen molar-refractivity contribution in [2.75, 3.05) is 0 Å². The zero-order valence-corrected chi connectivity index (χ0v) is 10.5. The minimum atomic E-state index is -0.171. The maximum Gasteiger partial charge on any atom is 0.193 e. The van der Waals surface area contributed by atoms with Crippen molar-refractivity contribution in [3.63, 3.8) is 0 Å². The Morgan fingerprint density at radius 2 is 2.17 bits per heavy atom. The smallest absolute Gasteiger partial charge is 0.193 e. The highest BCUT2D eigenvalue weighted by Gasteiger charge is 2.03. The van der Waals surface area contributed by atoms with E-state index in [1.165, 1.54) is 6.07 Å². The van der Waals surface area contributed by atoms with Crippen molar-refractivity contribution in [3.8, 4) is 0 Å². The van der Waals surface area contributed by atoms with E-state index in [4.69, 9.17) is 0 Å². The number of rotatable bonds is 4. The molecule has 2 aromatic heterocycles. The van der Waals surface area contributed by atoms with Crippen LogP contribution < -0.4 is 5.32 Å². The van der Waals surface area contributed by atoms with E-state index in [1.54, 1.807) is 23.5 Å². The molecule has 3 aromatic rings. The lowest BCUT2D eigenvalue weighted by Crippen LogP contribution is -2.13. The first-order valence-electron chi connectivity index (χ1n) is 5.68. The molecule has 0 aliphatic heterocycles. The first kappa shape index (κ1) is 11.4. The molecule has 0 spiro atoms. The fraction of sp³-hybridized carbons (Fsp3) is 0.154. The van der Waals surface area contributed by atoms with Gasteiger partial charge in [0.15, 0.2) is 4.96 Å². The van der Waals surface area contributed by atoms with E-state index in [0.29, 0.717) is 18.7 Å². The molecule has 18 heavy (non-hydrogen) atoms. The molecular formula is C13H12FN3S. The van der Waals surface area contributed by atoms with Crippen LogP contribution >= 0.6 is 11.3 Å². The van der Waals surface area contributed by atoms with Gasteiger partial charge < -0.3 is 5.32 Å². The summed E-state index contributed by atoms with van der Waals surface area (Å²) in [4.78, 5) is 5.44. The minimum Gasteiger partial charge on any atom is -0.307 e. The average Bonchev–Trinajstić information content (AvgIpc) is 2.92. The van der Waals surface area contributed by atoms with E-state index in [0.717, 1.165) is 10.7 Å². The van der Waals surface area contributed by atoms with Crippen LogP contribution in [-0.2, 0) is 13.1 Å². The fourth-order valence-corrected chi connectivity index (χ4v) is 2.55. The van der Waals surface area contributed by atoms with E-state index < -0.39 is 0 Å². The van der Waals surface area contributed by atoms with E-state index in [-0.39, 0.29) is 5.82 Å². The maximum absolute atomic E-state index is 13.4. The zero-order chi connectivity index (χ0) is 12.4. The van der Waals surface area contributed by atoms with Gasteiger partial charge in [-0.05, 0) is 6.07 Å².